The van der Waals surface area contributed by atoms with Crippen LogP contribution >= 0.6 is 0 Å². The summed E-state index contributed by atoms with van der Waals surface area (Å²) in [6.45, 7) is 4.10. The molecular weight excluding hydrogens is 346 g/mol. The molecule has 0 spiro atoms. The van der Waals surface area contributed by atoms with Gasteiger partial charge in [0.05, 0.1) is 19.3 Å². The lowest BCUT2D eigenvalue weighted by atomic mass is 10.1. The number of anilines is 1. The lowest BCUT2D eigenvalue weighted by Gasteiger charge is -2.08. The van der Waals surface area contributed by atoms with E-state index in [-0.39, 0.29) is 13.0 Å². The van der Waals surface area contributed by atoms with E-state index in [0.717, 1.165) is 27.8 Å². The van der Waals surface area contributed by atoms with Crippen molar-refractivity contribution in [1.82, 2.24) is 0 Å². The zero-order chi connectivity index (χ0) is 19.2. The number of aryl methyl sites for hydroxylation is 1. The number of carbonyl (C=O) groups is 2. The van der Waals surface area contributed by atoms with Crippen LogP contribution in [0, 0.1) is 6.92 Å². The van der Waals surface area contributed by atoms with E-state index in [2.05, 4.69) is 5.32 Å². The number of hydrogen-bond acceptors (Lipinski definition) is 5. The second-order valence-corrected chi connectivity index (χ2v) is 6.10. The molecule has 0 unspecified atom stereocenters. The molecule has 1 aromatic heterocycles. The average Bonchev–Trinajstić information content (AvgIpc) is 3.03. The van der Waals surface area contributed by atoms with Crippen LogP contribution in [0.2, 0.25) is 0 Å². The number of rotatable bonds is 7. The lowest BCUT2D eigenvalue weighted by Crippen LogP contribution is -2.21. The molecular formula is C21H21NO5. The fourth-order valence-corrected chi connectivity index (χ4v) is 2.68. The van der Waals surface area contributed by atoms with Crippen LogP contribution in [0.4, 0.5) is 5.69 Å². The molecule has 3 aromatic rings. The summed E-state index contributed by atoms with van der Waals surface area (Å²) >= 11 is 0. The number of benzene rings is 2. The first-order chi connectivity index (χ1) is 13.0. The first-order valence-corrected chi connectivity index (χ1v) is 8.70. The minimum atomic E-state index is -0.486. The predicted molar refractivity (Wildman–Crippen MR) is 102 cm³/mol. The molecule has 1 N–H and O–H groups in total. The van der Waals surface area contributed by atoms with E-state index in [4.69, 9.17) is 13.9 Å². The van der Waals surface area contributed by atoms with E-state index in [1.807, 2.05) is 32.0 Å². The Morgan fingerprint density at radius 3 is 2.63 bits per heavy atom. The zero-order valence-electron chi connectivity index (χ0n) is 15.3. The van der Waals surface area contributed by atoms with Crippen molar-refractivity contribution >= 4 is 28.5 Å². The molecule has 6 nitrogen and oxygen atoms in total. The predicted octanol–water partition coefficient (Wildman–Crippen LogP) is 3.86. The van der Waals surface area contributed by atoms with E-state index in [1.165, 1.54) is 0 Å². The van der Waals surface area contributed by atoms with Crippen LogP contribution in [0.15, 0.2) is 53.1 Å². The van der Waals surface area contributed by atoms with Gasteiger partial charge < -0.3 is 19.2 Å². The highest BCUT2D eigenvalue weighted by atomic mass is 16.5. The van der Waals surface area contributed by atoms with Gasteiger partial charge in [0.15, 0.2) is 6.61 Å². The number of hydrogen-bond donors (Lipinski definition) is 1. The molecule has 0 radical (unpaired) electrons. The van der Waals surface area contributed by atoms with Crippen molar-refractivity contribution in [3.05, 3.63) is 59.9 Å². The van der Waals surface area contributed by atoms with E-state index >= 15 is 0 Å². The summed E-state index contributed by atoms with van der Waals surface area (Å²) in [5.74, 6) is -0.162. The van der Waals surface area contributed by atoms with Gasteiger partial charge in [0, 0.05) is 16.6 Å². The normalized spacial score (nSPS) is 10.6. The fraction of sp³-hybridized carbons (Fsp3) is 0.238. The Balaban J connectivity index is 1.50. The maximum Gasteiger partial charge on any atom is 0.310 e. The Kier molecular flexibility index (Phi) is 5.76. The molecule has 0 aliphatic carbocycles. The topological polar surface area (TPSA) is 77.8 Å². The number of fused-ring (bicyclic) bond motifs is 1. The summed E-state index contributed by atoms with van der Waals surface area (Å²) in [5, 5.41) is 3.54. The molecule has 0 saturated carbocycles. The minimum Gasteiger partial charge on any atom is -0.494 e. The van der Waals surface area contributed by atoms with Crippen molar-refractivity contribution in [3.63, 3.8) is 0 Å². The average molecular weight is 367 g/mol. The van der Waals surface area contributed by atoms with E-state index in [1.54, 1.807) is 30.5 Å². The molecule has 1 heterocycles. The highest BCUT2D eigenvalue weighted by Crippen LogP contribution is 2.23. The third kappa shape index (κ3) is 4.88. The molecule has 0 saturated heterocycles. The van der Waals surface area contributed by atoms with Crippen LogP contribution in [0.1, 0.15) is 18.1 Å². The summed E-state index contributed by atoms with van der Waals surface area (Å²) in [6.07, 6.45) is 1.59. The molecule has 0 aliphatic rings. The second-order valence-electron chi connectivity index (χ2n) is 6.10. The standard InChI is InChI=1S/C21H21NO5/c1-3-25-17-7-5-16(6-8-17)22-20(23)13-27-21(24)11-15-12-26-19-10-14(2)4-9-18(15)19/h4-10,12H,3,11,13H2,1-2H3,(H,22,23). The first kappa shape index (κ1) is 18.5. The van der Waals surface area contributed by atoms with Gasteiger partial charge in [0.1, 0.15) is 11.3 Å². The quantitative estimate of drug-likeness (QED) is 0.642. The maximum atomic E-state index is 12.0. The highest BCUT2D eigenvalue weighted by Gasteiger charge is 2.13. The third-order valence-electron chi connectivity index (χ3n) is 3.96. The molecule has 140 valence electrons. The molecule has 1 amide bonds. The summed E-state index contributed by atoms with van der Waals surface area (Å²) in [7, 11) is 0. The monoisotopic (exact) mass is 367 g/mol. The number of amides is 1. The van der Waals surface area contributed by atoms with Crippen molar-refractivity contribution < 1.29 is 23.5 Å². The Morgan fingerprint density at radius 1 is 1.11 bits per heavy atom. The van der Waals surface area contributed by atoms with Gasteiger partial charge in [-0.2, -0.15) is 0 Å². The maximum absolute atomic E-state index is 12.0. The van der Waals surface area contributed by atoms with Crippen molar-refractivity contribution in [2.24, 2.45) is 0 Å². The molecule has 3 rings (SSSR count). The summed E-state index contributed by atoms with van der Waals surface area (Å²) in [4.78, 5) is 24.0. The number of carbonyl (C=O) groups excluding carboxylic acids is 2. The van der Waals surface area contributed by atoms with Crippen LogP contribution < -0.4 is 10.1 Å². The van der Waals surface area contributed by atoms with E-state index in [9.17, 15) is 9.59 Å². The van der Waals surface area contributed by atoms with Crippen LogP contribution in [-0.2, 0) is 20.7 Å². The summed E-state index contributed by atoms with van der Waals surface area (Å²) in [6, 6.07) is 12.8. The third-order valence-corrected chi connectivity index (χ3v) is 3.96. The molecule has 0 atom stereocenters. The van der Waals surface area contributed by atoms with Gasteiger partial charge in [-0.25, -0.2) is 0 Å². The second kappa shape index (κ2) is 8.40. The molecule has 0 fully saturated rings. The van der Waals surface area contributed by atoms with Crippen LogP contribution in [0.3, 0.4) is 0 Å². The molecule has 6 heteroatoms. The van der Waals surface area contributed by atoms with Gasteiger partial charge in [-0.1, -0.05) is 12.1 Å². The van der Waals surface area contributed by atoms with Gasteiger partial charge in [-0.3, -0.25) is 9.59 Å². The van der Waals surface area contributed by atoms with Crippen LogP contribution in [0.25, 0.3) is 11.0 Å². The largest absolute Gasteiger partial charge is 0.494 e. The number of nitrogens with one attached hydrogen (secondary N) is 1. The van der Waals surface area contributed by atoms with Crippen molar-refractivity contribution in [3.8, 4) is 5.75 Å². The summed E-state index contributed by atoms with van der Waals surface area (Å²) in [5.41, 5.74) is 3.15. The first-order valence-electron chi connectivity index (χ1n) is 8.70. The SMILES string of the molecule is CCOc1ccc(NC(=O)COC(=O)Cc2coc3cc(C)ccc23)cc1. The van der Waals surface area contributed by atoms with Crippen molar-refractivity contribution in [1.29, 1.82) is 0 Å². The Morgan fingerprint density at radius 2 is 1.89 bits per heavy atom. The number of ether oxygens (including phenoxy) is 2. The Labute approximate surface area is 157 Å². The van der Waals surface area contributed by atoms with Gasteiger partial charge in [-0.15, -0.1) is 0 Å². The van der Waals surface area contributed by atoms with Crippen LogP contribution in [0.5, 0.6) is 5.75 Å². The number of esters is 1. The lowest BCUT2D eigenvalue weighted by molar-refractivity contribution is -0.146. The van der Waals surface area contributed by atoms with Gasteiger partial charge in [0.2, 0.25) is 0 Å². The van der Waals surface area contributed by atoms with Gasteiger partial charge >= 0.3 is 5.97 Å². The van der Waals surface area contributed by atoms with Gasteiger partial charge in [-0.05, 0) is 49.7 Å². The van der Waals surface area contributed by atoms with Gasteiger partial charge in [0.25, 0.3) is 5.91 Å². The fourth-order valence-electron chi connectivity index (χ4n) is 2.68. The molecule has 27 heavy (non-hydrogen) atoms. The van der Waals surface area contributed by atoms with Crippen LogP contribution in [-0.4, -0.2) is 25.1 Å². The highest BCUT2D eigenvalue weighted by molar-refractivity contribution is 5.93. The molecule has 0 bridgehead atoms. The minimum absolute atomic E-state index is 0.0480. The van der Waals surface area contributed by atoms with Crippen molar-refractivity contribution in [2.45, 2.75) is 20.3 Å². The summed E-state index contributed by atoms with van der Waals surface area (Å²) < 4.78 is 15.9. The Bertz CT molecular complexity index is 943. The van der Waals surface area contributed by atoms with E-state index in [0.29, 0.717) is 12.3 Å². The van der Waals surface area contributed by atoms with E-state index < -0.39 is 11.9 Å². The molecule has 0 aliphatic heterocycles. The zero-order valence-corrected chi connectivity index (χ0v) is 15.3. The molecule has 2 aromatic carbocycles. The van der Waals surface area contributed by atoms with Crippen molar-refractivity contribution in [2.75, 3.05) is 18.5 Å². The number of furan rings is 1. The smallest absolute Gasteiger partial charge is 0.310 e. The Hall–Kier alpha value is -3.28.